The van der Waals surface area contributed by atoms with Crippen molar-refractivity contribution in [2.45, 2.75) is 19.4 Å². The van der Waals surface area contributed by atoms with E-state index < -0.39 is 0 Å². The fraction of sp³-hybridized carbons (Fsp3) is 0.450. The number of ether oxygens (including phenoxy) is 1. The molecule has 0 amide bonds. The van der Waals surface area contributed by atoms with Crippen LogP contribution in [0, 0.1) is 0 Å². The fourth-order valence-electron chi connectivity index (χ4n) is 2.76. The van der Waals surface area contributed by atoms with Crippen molar-refractivity contribution in [3.8, 4) is 5.75 Å². The standard InChI is InChI=1S/C20H30N4OS.HI/c1-5-21-20(22-13-12-16-9-8-14-26-16)23-15-18(24(2)3)17-10-6-7-11-19(17)25-4;/h6-11,14,18H,5,12-13,15H2,1-4H3,(H2,21,22,23);1H. The molecule has 0 spiro atoms. The molecule has 1 aromatic heterocycles. The molecule has 1 heterocycles. The Kier molecular flexibility index (Phi) is 11.4. The second kappa shape index (κ2) is 13.0. The number of likely N-dealkylation sites (N-methyl/N-ethyl adjacent to an activating group) is 1. The number of hydrogen-bond donors (Lipinski definition) is 2. The van der Waals surface area contributed by atoms with E-state index >= 15 is 0 Å². The zero-order valence-corrected chi connectivity index (χ0v) is 19.7. The molecule has 0 aliphatic carbocycles. The van der Waals surface area contributed by atoms with Gasteiger partial charge < -0.3 is 20.3 Å². The van der Waals surface area contributed by atoms with Crippen molar-refractivity contribution >= 4 is 41.3 Å². The highest BCUT2D eigenvalue weighted by Gasteiger charge is 2.18. The SMILES string of the molecule is CCNC(=NCC(c1ccccc1OC)N(C)C)NCCc1cccs1.I. The Labute approximate surface area is 184 Å². The number of methoxy groups -OCH3 is 1. The van der Waals surface area contributed by atoms with Crippen molar-refractivity contribution in [3.05, 3.63) is 52.2 Å². The van der Waals surface area contributed by atoms with Gasteiger partial charge in [-0.1, -0.05) is 24.3 Å². The number of benzene rings is 1. The van der Waals surface area contributed by atoms with Gasteiger partial charge >= 0.3 is 0 Å². The minimum absolute atomic E-state index is 0. The van der Waals surface area contributed by atoms with Gasteiger partial charge in [-0.05, 0) is 45.0 Å². The molecule has 1 atom stereocenters. The third kappa shape index (κ3) is 7.67. The van der Waals surface area contributed by atoms with Crippen LogP contribution in [-0.2, 0) is 6.42 Å². The van der Waals surface area contributed by atoms with Gasteiger partial charge in [0, 0.05) is 23.5 Å². The minimum Gasteiger partial charge on any atom is -0.496 e. The maximum absolute atomic E-state index is 5.53. The van der Waals surface area contributed by atoms with E-state index in [2.05, 4.69) is 60.1 Å². The first-order chi connectivity index (χ1) is 12.7. The number of halogens is 1. The van der Waals surface area contributed by atoms with Crippen molar-refractivity contribution in [2.75, 3.05) is 40.8 Å². The Morgan fingerprint density at radius 2 is 1.96 bits per heavy atom. The maximum atomic E-state index is 5.53. The number of aliphatic imine (C=N–C) groups is 1. The summed E-state index contributed by atoms with van der Waals surface area (Å²) in [7, 11) is 5.86. The fourth-order valence-corrected chi connectivity index (χ4v) is 3.47. The highest BCUT2D eigenvalue weighted by molar-refractivity contribution is 14.0. The normalized spacial score (nSPS) is 12.4. The summed E-state index contributed by atoms with van der Waals surface area (Å²) in [5.41, 5.74) is 1.15. The lowest BCUT2D eigenvalue weighted by Gasteiger charge is -2.25. The third-order valence-electron chi connectivity index (χ3n) is 4.13. The van der Waals surface area contributed by atoms with Gasteiger partial charge in [0.15, 0.2) is 5.96 Å². The van der Waals surface area contributed by atoms with Crippen LogP contribution in [0.15, 0.2) is 46.8 Å². The first-order valence-corrected chi connectivity index (χ1v) is 9.87. The highest BCUT2D eigenvalue weighted by Crippen LogP contribution is 2.28. The van der Waals surface area contributed by atoms with Crippen LogP contribution in [0.25, 0.3) is 0 Å². The first-order valence-electron chi connectivity index (χ1n) is 8.99. The number of rotatable bonds is 9. The van der Waals surface area contributed by atoms with E-state index in [1.54, 1.807) is 18.4 Å². The number of nitrogens with zero attached hydrogens (tertiary/aromatic N) is 2. The van der Waals surface area contributed by atoms with Gasteiger partial charge in [0.05, 0.1) is 19.7 Å². The first kappa shape index (κ1) is 23.7. The lowest BCUT2D eigenvalue weighted by Crippen LogP contribution is -2.39. The Balaban J connectivity index is 0.00000364. The van der Waals surface area contributed by atoms with Gasteiger partial charge in [-0.2, -0.15) is 0 Å². The van der Waals surface area contributed by atoms with Crippen molar-refractivity contribution in [1.82, 2.24) is 15.5 Å². The summed E-state index contributed by atoms with van der Waals surface area (Å²) in [4.78, 5) is 8.37. The molecule has 0 fully saturated rings. The molecule has 0 radical (unpaired) electrons. The minimum atomic E-state index is 0. The molecule has 1 unspecified atom stereocenters. The van der Waals surface area contributed by atoms with E-state index in [0.29, 0.717) is 6.54 Å². The Bertz CT molecular complexity index is 676. The summed E-state index contributed by atoms with van der Waals surface area (Å²) in [6, 6.07) is 12.6. The van der Waals surface area contributed by atoms with Gasteiger partial charge in [0.2, 0.25) is 0 Å². The molecular formula is C20H31IN4OS. The van der Waals surface area contributed by atoms with Crippen molar-refractivity contribution in [3.63, 3.8) is 0 Å². The van der Waals surface area contributed by atoms with Gasteiger partial charge in [0.1, 0.15) is 5.75 Å². The zero-order chi connectivity index (χ0) is 18.8. The number of nitrogens with one attached hydrogen (secondary N) is 2. The predicted molar refractivity (Wildman–Crippen MR) is 127 cm³/mol. The summed E-state index contributed by atoms with van der Waals surface area (Å²) in [6.45, 7) is 4.45. The van der Waals surface area contributed by atoms with Crippen LogP contribution in [0.3, 0.4) is 0 Å². The van der Waals surface area contributed by atoms with E-state index in [4.69, 9.17) is 9.73 Å². The summed E-state index contributed by atoms with van der Waals surface area (Å²) >= 11 is 1.79. The molecule has 0 aliphatic heterocycles. The molecule has 2 N–H and O–H groups in total. The average molecular weight is 502 g/mol. The topological polar surface area (TPSA) is 48.9 Å². The van der Waals surface area contributed by atoms with Crippen LogP contribution < -0.4 is 15.4 Å². The predicted octanol–water partition coefficient (Wildman–Crippen LogP) is 3.78. The number of guanidine groups is 1. The summed E-state index contributed by atoms with van der Waals surface area (Å²) in [6.07, 6.45) is 1.01. The van der Waals surface area contributed by atoms with Gasteiger partial charge in [-0.25, -0.2) is 0 Å². The van der Waals surface area contributed by atoms with E-state index in [9.17, 15) is 0 Å². The molecular weight excluding hydrogens is 471 g/mol. The zero-order valence-electron chi connectivity index (χ0n) is 16.6. The molecule has 5 nitrogen and oxygen atoms in total. The molecule has 0 saturated carbocycles. The molecule has 0 saturated heterocycles. The van der Waals surface area contributed by atoms with Crippen LogP contribution in [0.2, 0.25) is 0 Å². The Hall–Kier alpha value is -1.32. The van der Waals surface area contributed by atoms with Crippen LogP contribution in [-0.4, -0.2) is 51.7 Å². The molecule has 0 bridgehead atoms. The molecule has 1 aromatic carbocycles. The van der Waals surface area contributed by atoms with Crippen LogP contribution >= 0.6 is 35.3 Å². The molecule has 0 aliphatic rings. The van der Waals surface area contributed by atoms with Crippen LogP contribution in [0.5, 0.6) is 5.75 Å². The highest BCUT2D eigenvalue weighted by atomic mass is 127. The summed E-state index contributed by atoms with van der Waals surface area (Å²) in [5, 5.41) is 8.87. The van der Waals surface area contributed by atoms with Crippen molar-refractivity contribution in [2.24, 2.45) is 4.99 Å². The number of para-hydroxylation sites is 1. The largest absolute Gasteiger partial charge is 0.496 e. The van der Waals surface area contributed by atoms with Gasteiger partial charge in [0.25, 0.3) is 0 Å². The third-order valence-corrected chi connectivity index (χ3v) is 5.07. The Morgan fingerprint density at radius 1 is 1.19 bits per heavy atom. The molecule has 27 heavy (non-hydrogen) atoms. The second-order valence-corrected chi connectivity index (χ2v) is 7.23. The van der Waals surface area contributed by atoms with E-state index in [-0.39, 0.29) is 30.0 Å². The van der Waals surface area contributed by atoms with Crippen molar-refractivity contribution in [1.29, 1.82) is 0 Å². The summed E-state index contributed by atoms with van der Waals surface area (Å²) < 4.78 is 5.53. The van der Waals surface area contributed by atoms with Crippen LogP contribution in [0.1, 0.15) is 23.4 Å². The number of hydrogen-bond acceptors (Lipinski definition) is 4. The lowest BCUT2D eigenvalue weighted by atomic mass is 10.0. The van der Waals surface area contributed by atoms with Crippen molar-refractivity contribution < 1.29 is 4.74 Å². The van der Waals surface area contributed by atoms with E-state index in [1.165, 1.54) is 4.88 Å². The van der Waals surface area contributed by atoms with Gasteiger partial charge in [-0.3, -0.25) is 4.99 Å². The van der Waals surface area contributed by atoms with E-state index in [0.717, 1.165) is 36.8 Å². The quantitative estimate of drug-likeness (QED) is 0.312. The molecule has 7 heteroatoms. The molecule has 2 rings (SSSR count). The summed E-state index contributed by atoms with van der Waals surface area (Å²) in [5.74, 6) is 1.75. The molecule has 2 aromatic rings. The van der Waals surface area contributed by atoms with Crippen LogP contribution in [0.4, 0.5) is 0 Å². The molecule has 150 valence electrons. The second-order valence-electron chi connectivity index (χ2n) is 6.20. The Morgan fingerprint density at radius 3 is 2.59 bits per heavy atom. The monoisotopic (exact) mass is 502 g/mol. The average Bonchev–Trinajstić information content (AvgIpc) is 3.15. The van der Waals surface area contributed by atoms with Gasteiger partial charge in [-0.15, -0.1) is 35.3 Å². The van der Waals surface area contributed by atoms with E-state index in [1.807, 2.05) is 18.2 Å². The lowest BCUT2D eigenvalue weighted by molar-refractivity contribution is 0.295. The maximum Gasteiger partial charge on any atom is 0.191 e. The number of thiophene rings is 1. The smallest absolute Gasteiger partial charge is 0.191 e.